The molecule has 2 aliphatic carbocycles. The molecule has 0 bridgehead atoms. The first-order valence-corrected chi connectivity index (χ1v) is 11.8. The van der Waals surface area contributed by atoms with Crippen molar-refractivity contribution in [2.75, 3.05) is 0 Å². The lowest BCUT2D eigenvalue weighted by atomic mass is 9.86. The number of rotatable bonds is 8. The molecule has 0 saturated heterocycles. The molecule has 152 valence electrons. The number of nitrogens with zero attached hydrogens (tertiary/aromatic N) is 3. The first-order valence-electron chi connectivity index (χ1n) is 11.0. The summed E-state index contributed by atoms with van der Waals surface area (Å²) >= 11 is 3.26. The summed E-state index contributed by atoms with van der Waals surface area (Å²) in [5.41, 5.74) is -0.525. The molecule has 0 N–H and O–H groups in total. The summed E-state index contributed by atoms with van der Waals surface area (Å²) in [7, 11) is 0. The Labute approximate surface area is 170 Å². The molecular weight excluding hydrogens is 406 g/mol. The lowest BCUT2D eigenvalue weighted by Crippen LogP contribution is -2.42. The summed E-state index contributed by atoms with van der Waals surface area (Å²) < 4.78 is 3.15. The molecule has 2 saturated carbocycles. The van der Waals surface area contributed by atoms with Crippen molar-refractivity contribution in [3.8, 4) is 0 Å². The molecule has 1 aromatic heterocycles. The van der Waals surface area contributed by atoms with Gasteiger partial charge in [0.25, 0.3) is 5.56 Å². The molecule has 3 rings (SSSR count). The van der Waals surface area contributed by atoms with Crippen molar-refractivity contribution in [3.05, 3.63) is 25.4 Å². The van der Waals surface area contributed by atoms with E-state index in [1.54, 1.807) is 0 Å². The van der Waals surface area contributed by atoms with Gasteiger partial charge in [0.05, 0.1) is 0 Å². The van der Waals surface area contributed by atoms with E-state index in [2.05, 4.69) is 21.0 Å². The summed E-state index contributed by atoms with van der Waals surface area (Å²) in [5, 5.41) is 4.20. The number of aromatic nitrogens is 3. The maximum absolute atomic E-state index is 12.7. The molecule has 0 atom stereocenters. The van der Waals surface area contributed by atoms with Gasteiger partial charge in [-0.2, -0.15) is 5.10 Å². The van der Waals surface area contributed by atoms with Crippen LogP contribution in [0.2, 0.25) is 0 Å². The standard InChI is InChI=1S/C21H34BrN3O2/c22-19-20(26)24(15-7-13-17-9-3-1-4-10-17)21(27)25(23-19)16-8-14-18-11-5-2-6-12-18/h17-18H,1-16H2. The highest BCUT2D eigenvalue weighted by atomic mass is 79.9. The third kappa shape index (κ3) is 6.03. The Morgan fingerprint density at radius 2 is 1.33 bits per heavy atom. The van der Waals surface area contributed by atoms with Crippen molar-refractivity contribution < 1.29 is 0 Å². The monoisotopic (exact) mass is 439 g/mol. The number of halogens is 1. The van der Waals surface area contributed by atoms with E-state index in [4.69, 9.17) is 0 Å². The van der Waals surface area contributed by atoms with E-state index >= 15 is 0 Å². The average molecular weight is 440 g/mol. The second-order valence-corrected chi connectivity index (χ2v) is 9.30. The summed E-state index contributed by atoms with van der Waals surface area (Å²) in [6, 6.07) is 0. The number of hydrogen-bond acceptors (Lipinski definition) is 3. The van der Waals surface area contributed by atoms with E-state index in [0.717, 1.165) is 37.5 Å². The molecule has 2 aliphatic rings. The Balaban J connectivity index is 1.56. The molecule has 1 aromatic rings. The van der Waals surface area contributed by atoms with Crippen LogP contribution in [-0.2, 0) is 13.1 Å². The van der Waals surface area contributed by atoms with Gasteiger partial charge in [0.1, 0.15) is 0 Å². The molecule has 5 nitrogen and oxygen atoms in total. The summed E-state index contributed by atoms with van der Waals surface area (Å²) in [6.45, 7) is 1.12. The third-order valence-corrected chi connectivity index (χ3v) is 7.01. The smallest absolute Gasteiger partial charge is 0.266 e. The fourth-order valence-corrected chi connectivity index (χ4v) is 5.30. The molecule has 0 aromatic carbocycles. The molecule has 2 fully saturated rings. The second kappa shape index (κ2) is 10.6. The SMILES string of the molecule is O=c1c(Br)nn(CCCC2CCCCC2)c(=O)n1CCCC1CCCCC1. The number of aryl methyl sites for hydroxylation is 1. The van der Waals surface area contributed by atoms with E-state index in [0.29, 0.717) is 13.1 Å². The lowest BCUT2D eigenvalue weighted by molar-refractivity contribution is 0.315. The van der Waals surface area contributed by atoms with Crippen LogP contribution in [0.1, 0.15) is 89.9 Å². The van der Waals surface area contributed by atoms with Gasteiger partial charge in [-0.25, -0.2) is 9.48 Å². The van der Waals surface area contributed by atoms with Crippen LogP contribution in [0, 0.1) is 11.8 Å². The predicted octanol–water partition coefficient (Wildman–Crippen LogP) is 4.89. The Hall–Kier alpha value is -0.910. The van der Waals surface area contributed by atoms with Gasteiger partial charge in [-0.3, -0.25) is 9.36 Å². The quantitative estimate of drug-likeness (QED) is 0.579. The van der Waals surface area contributed by atoms with Gasteiger partial charge in [0.15, 0.2) is 4.60 Å². The highest BCUT2D eigenvalue weighted by Crippen LogP contribution is 2.28. The highest BCUT2D eigenvalue weighted by molar-refractivity contribution is 9.10. The van der Waals surface area contributed by atoms with Gasteiger partial charge >= 0.3 is 5.69 Å². The highest BCUT2D eigenvalue weighted by Gasteiger charge is 2.16. The van der Waals surface area contributed by atoms with Crippen LogP contribution >= 0.6 is 15.9 Å². The normalized spacial score (nSPS) is 19.4. The zero-order chi connectivity index (χ0) is 19.1. The fraction of sp³-hybridized carbons (Fsp3) is 0.857. The van der Waals surface area contributed by atoms with E-state index < -0.39 is 0 Å². The first-order chi connectivity index (χ1) is 13.1. The van der Waals surface area contributed by atoms with Crippen LogP contribution in [-0.4, -0.2) is 14.3 Å². The lowest BCUT2D eigenvalue weighted by Gasteiger charge is -2.21. The van der Waals surface area contributed by atoms with Crippen molar-refractivity contribution in [3.63, 3.8) is 0 Å². The van der Waals surface area contributed by atoms with Crippen molar-refractivity contribution in [1.82, 2.24) is 14.3 Å². The van der Waals surface area contributed by atoms with Gasteiger partial charge in [0, 0.05) is 13.1 Å². The Morgan fingerprint density at radius 1 is 0.815 bits per heavy atom. The van der Waals surface area contributed by atoms with E-state index in [1.807, 2.05) is 0 Å². The van der Waals surface area contributed by atoms with Crippen molar-refractivity contribution in [2.24, 2.45) is 11.8 Å². The predicted molar refractivity (Wildman–Crippen MR) is 112 cm³/mol. The Bertz CT molecular complexity index is 700. The minimum absolute atomic E-state index is 0.240. The van der Waals surface area contributed by atoms with Crippen LogP contribution in [0.15, 0.2) is 14.2 Å². The second-order valence-electron chi connectivity index (χ2n) is 8.55. The van der Waals surface area contributed by atoms with E-state index in [-0.39, 0.29) is 15.9 Å². The van der Waals surface area contributed by atoms with E-state index in [9.17, 15) is 9.59 Å². The topological polar surface area (TPSA) is 56.9 Å². The maximum Gasteiger partial charge on any atom is 0.347 e. The minimum Gasteiger partial charge on any atom is -0.266 e. The Kier molecular flexibility index (Phi) is 8.16. The largest absolute Gasteiger partial charge is 0.347 e. The van der Waals surface area contributed by atoms with Gasteiger partial charge in [-0.1, -0.05) is 64.2 Å². The van der Waals surface area contributed by atoms with Gasteiger partial charge in [0.2, 0.25) is 0 Å². The van der Waals surface area contributed by atoms with Crippen LogP contribution in [0.3, 0.4) is 0 Å². The third-order valence-electron chi connectivity index (χ3n) is 6.51. The van der Waals surface area contributed by atoms with E-state index in [1.165, 1.54) is 73.5 Å². The zero-order valence-electron chi connectivity index (χ0n) is 16.5. The van der Waals surface area contributed by atoms with Crippen molar-refractivity contribution in [1.29, 1.82) is 0 Å². The molecule has 1 heterocycles. The molecule has 6 heteroatoms. The number of hydrogen-bond donors (Lipinski definition) is 0. The van der Waals surface area contributed by atoms with Crippen LogP contribution in [0.4, 0.5) is 0 Å². The molecule has 0 unspecified atom stereocenters. The molecule has 0 aliphatic heterocycles. The molecular formula is C21H34BrN3O2. The van der Waals surface area contributed by atoms with Crippen molar-refractivity contribution >= 4 is 15.9 Å². The van der Waals surface area contributed by atoms with Crippen LogP contribution in [0.5, 0.6) is 0 Å². The van der Waals surface area contributed by atoms with Crippen molar-refractivity contribution in [2.45, 2.75) is 103 Å². The fourth-order valence-electron chi connectivity index (χ4n) is 4.89. The molecule has 0 spiro atoms. The summed E-state index contributed by atoms with van der Waals surface area (Å²) in [4.78, 5) is 25.1. The zero-order valence-corrected chi connectivity index (χ0v) is 18.1. The van der Waals surface area contributed by atoms with Gasteiger partial charge in [-0.15, -0.1) is 0 Å². The average Bonchev–Trinajstić information content (AvgIpc) is 2.70. The molecule has 0 amide bonds. The molecule has 0 radical (unpaired) electrons. The maximum atomic E-state index is 12.7. The van der Waals surface area contributed by atoms with Crippen LogP contribution < -0.4 is 11.2 Å². The van der Waals surface area contributed by atoms with Gasteiger partial charge in [-0.05, 0) is 53.4 Å². The Morgan fingerprint density at radius 3 is 1.89 bits per heavy atom. The minimum atomic E-state index is -0.285. The molecule has 27 heavy (non-hydrogen) atoms. The first kappa shape index (κ1) is 20.8. The summed E-state index contributed by atoms with van der Waals surface area (Å²) in [6.07, 6.45) is 17.5. The summed E-state index contributed by atoms with van der Waals surface area (Å²) in [5.74, 6) is 1.58. The van der Waals surface area contributed by atoms with Gasteiger partial charge < -0.3 is 0 Å². The van der Waals surface area contributed by atoms with Crippen LogP contribution in [0.25, 0.3) is 0 Å².